The molecular weight excluding hydrogens is 354 g/mol. The van der Waals surface area contributed by atoms with Gasteiger partial charge in [0.25, 0.3) is 5.91 Å². The number of rotatable bonds is 6. The predicted octanol–water partition coefficient (Wildman–Crippen LogP) is 4.04. The van der Waals surface area contributed by atoms with Crippen LogP contribution >= 0.6 is 0 Å². The highest BCUT2D eigenvalue weighted by molar-refractivity contribution is 5.93. The molecule has 146 valence electrons. The van der Waals surface area contributed by atoms with Crippen molar-refractivity contribution in [3.8, 4) is 28.3 Å². The lowest BCUT2D eigenvalue weighted by Gasteiger charge is -2.22. The number of carbonyl (C=O) groups is 1. The number of hydrogen-bond donors (Lipinski definition) is 0. The maximum Gasteiger partial charge on any atom is 0.272 e. The van der Waals surface area contributed by atoms with E-state index in [0.717, 1.165) is 16.8 Å². The highest BCUT2D eigenvalue weighted by atomic mass is 16.5. The van der Waals surface area contributed by atoms with Gasteiger partial charge in [-0.1, -0.05) is 18.2 Å². The summed E-state index contributed by atoms with van der Waals surface area (Å²) in [5.74, 6) is 1.29. The van der Waals surface area contributed by atoms with Gasteiger partial charge in [-0.25, -0.2) is 4.98 Å². The van der Waals surface area contributed by atoms with Crippen molar-refractivity contribution in [3.63, 3.8) is 0 Å². The lowest BCUT2D eigenvalue weighted by Crippen LogP contribution is -2.34. The summed E-state index contributed by atoms with van der Waals surface area (Å²) in [6.07, 6.45) is 3.26. The van der Waals surface area contributed by atoms with E-state index in [9.17, 15) is 4.79 Å². The Hall–Kier alpha value is -3.28. The Morgan fingerprint density at radius 2 is 1.75 bits per heavy atom. The van der Waals surface area contributed by atoms with Crippen molar-refractivity contribution in [2.75, 3.05) is 21.3 Å². The van der Waals surface area contributed by atoms with Gasteiger partial charge >= 0.3 is 0 Å². The molecular formula is C22H25N3O3. The van der Waals surface area contributed by atoms with Crippen molar-refractivity contribution in [2.45, 2.75) is 19.9 Å². The molecule has 0 N–H and O–H groups in total. The molecule has 1 amide bonds. The van der Waals surface area contributed by atoms with Gasteiger partial charge in [-0.15, -0.1) is 0 Å². The minimum absolute atomic E-state index is 0.0657. The Morgan fingerprint density at radius 3 is 2.43 bits per heavy atom. The summed E-state index contributed by atoms with van der Waals surface area (Å²) >= 11 is 0. The first-order chi connectivity index (χ1) is 13.5. The standard InChI is InChI=1S/C22H25N3O3/c1-15(2)24(3)22(26)19-13-23-14-25(19)18-8-6-7-16(11-18)17-9-10-20(27-4)21(12-17)28-5/h6-15H,1-5H3. The summed E-state index contributed by atoms with van der Waals surface area (Å²) in [7, 11) is 5.03. The fourth-order valence-corrected chi connectivity index (χ4v) is 2.93. The lowest BCUT2D eigenvalue weighted by molar-refractivity contribution is 0.0747. The third-order valence-electron chi connectivity index (χ3n) is 4.79. The normalized spacial score (nSPS) is 10.8. The second-order valence-electron chi connectivity index (χ2n) is 6.78. The van der Waals surface area contributed by atoms with Crippen LogP contribution in [0.4, 0.5) is 0 Å². The Kier molecular flexibility index (Phi) is 5.68. The van der Waals surface area contributed by atoms with Crippen molar-refractivity contribution in [1.82, 2.24) is 14.5 Å². The number of hydrogen-bond acceptors (Lipinski definition) is 4. The summed E-state index contributed by atoms with van der Waals surface area (Å²) in [6, 6.07) is 13.9. The number of nitrogens with zero attached hydrogens (tertiary/aromatic N) is 3. The minimum atomic E-state index is -0.0657. The molecule has 0 aliphatic carbocycles. The van der Waals surface area contributed by atoms with Crippen molar-refractivity contribution >= 4 is 5.91 Å². The van der Waals surface area contributed by atoms with Crippen molar-refractivity contribution in [1.29, 1.82) is 0 Å². The molecule has 0 saturated heterocycles. The molecule has 28 heavy (non-hydrogen) atoms. The molecule has 0 spiro atoms. The van der Waals surface area contributed by atoms with E-state index in [1.54, 1.807) is 38.7 Å². The zero-order valence-corrected chi connectivity index (χ0v) is 16.8. The van der Waals surface area contributed by atoms with Gasteiger partial charge in [-0.05, 0) is 49.2 Å². The Balaban J connectivity index is 2.00. The van der Waals surface area contributed by atoms with E-state index in [4.69, 9.17) is 9.47 Å². The van der Waals surface area contributed by atoms with Crippen LogP contribution in [0.2, 0.25) is 0 Å². The topological polar surface area (TPSA) is 56.6 Å². The molecule has 6 heteroatoms. The monoisotopic (exact) mass is 379 g/mol. The van der Waals surface area contributed by atoms with Crippen LogP contribution in [-0.2, 0) is 0 Å². The second kappa shape index (κ2) is 8.17. The molecule has 3 rings (SSSR count). The van der Waals surface area contributed by atoms with Gasteiger partial charge in [0.15, 0.2) is 11.5 Å². The summed E-state index contributed by atoms with van der Waals surface area (Å²) in [5, 5.41) is 0. The zero-order chi connectivity index (χ0) is 20.3. The summed E-state index contributed by atoms with van der Waals surface area (Å²) in [6.45, 7) is 3.96. The van der Waals surface area contributed by atoms with E-state index in [1.807, 2.05) is 60.9 Å². The number of amides is 1. The van der Waals surface area contributed by atoms with Gasteiger partial charge in [0.1, 0.15) is 5.69 Å². The van der Waals surface area contributed by atoms with Gasteiger partial charge < -0.3 is 14.4 Å². The smallest absolute Gasteiger partial charge is 0.272 e. The summed E-state index contributed by atoms with van der Waals surface area (Å²) in [5.41, 5.74) is 3.39. The largest absolute Gasteiger partial charge is 0.493 e. The SMILES string of the molecule is COc1ccc(-c2cccc(-n3cncc3C(=O)N(C)C(C)C)c2)cc1OC. The van der Waals surface area contributed by atoms with Crippen LogP contribution in [0.3, 0.4) is 0 Å². The highest BCUT2D eigenvalue weighted by Gasteiger charge is 2.19. The third-order valence-corrected chi connectivity index (χ3v) is 4.79. The molecule has 0 bridgehead atoms. The van der Waals surface area contributed by atoms with E-state index in [1.165, 1.54) is 0 Å². The highest BCUT2D eigenvalue weighted by Crippen LogP contribution is 2.33. The van der Waals surface area contributed by atoms with Crippen LogP contribution in [0.5, 0.6) is 11.5 Å². The van der Waals surface area contributed by atoms with Crippen LogP contribution < -0.4 is 9.47 Å². The molecule has 0 aliphatic rings. The van der Waals surface area contributed by atoms with Crippen LogP contribution in [0.15, 0.2) is 55.0 Å². The van der Waals surface area contributed by atoms with Gasteiger partial charge in [0.05, 0.1) is 26.7 Å². The van der Waals surface area contributed by atoms with Gasteiger partial charge in [-0.3, -0.25) is 9.36 Å². The van der Waals surface area contributed by atoms with E-state index in [-0.39, 0.29) is 11.9 Å². The van der Waals surface area contributed by atoms with Gasteiger partial charge in [0, 0.05) is 18.8 Å². The number of benzene rings is 2. The summed E-state index contributed by atoms with van der Waals surface area (Å²) < 4.78 is 12.5. The zero-order valence-electron chi connectivity index (χ0n) is 16.8. The first kappa shape index (κ1) is 19.5. The molecule has 0 radical (unpaired) electrons. The quantitative estimate of drug-likeness (QED) is 0.649. The molecule has 0 aliphatic heterocycles. The fraction of sp³-hybridized carbons (Fsp3) is 0.273. The number of methoxy groups -OCH3 is 2. The molecule has 3 aromatic rings. The average Bonchev–Trinajstić information content (AvgIpc) is 3.22. The Morgan fingerprint density at radius 1 is 1.04 bits per heavy atom. The van der Waals surface area contributed by atoms with Crippen molar-refractivity contribution in [3.05, 3.63) is 60.7 Å². The van der Waals surface area contributed by atoms with Crippen LogP contribution in [-0.4, -0.2) is 47.7 Å². The molecule has 0 saturated carbocycles. The average molecular weight is 379 g/mol. The van der Waals surface area contributed by atoms with Crippen LogP contribution in [0.1, 0.15) is 24.3 Å². The number of ether oxygens (including phenoxy) is 2. The first-order valence-electron chi connectivity index (χ1n) is 9.08. The Bertz CT molecular complexity index is 979. The number of carbonyl (C=O) groups excluding carboxylic acids is 1. The number of aromatic nitrogens is 2. The molecule has 1 aromatic heterocycles. The molecule has 6 nitrogen and oxygen atoms in total. The molecule has 2 aromatic carbocycles. The minimum Gasteiger partial charge on any atom is -0.493 e. The van der Waals surface area contributed by atoms with Gasteiger partial charge in [-0.2, -0.15) is 0 Å². The number of imidazole rings is 1. The molecule has 0 fully saturated rings. The fourth-order valence-electron chi connectivity index (χ4n) is 2.93. The van der Waals surface area contributed by atoms with Crippen LogP contribution in [0, 0.1) is 0 Å². The molecule has 1 heterocycles. The van der Waals surface area contributed by atoms with E-state index < -0.39 is 0 Å². The third kappa shape index (κ3) is 3.71. The lowest BCUT2D eigenvalue weighted by atomic mass is 10.0. The van der Waals surface area contributed by atoms with Crippen molar-refractivity contribution < 1.29 is 14.3 Å². The maximum atomic E-state index is 12.8. The molecule has 0 atom stereocenters. The van der Waals surface area contributed by atoms with Crippen LogP contribution in [0.25, 0.3) is 16.8 Å². The van der Waals surface area contributed by atoms with E-state index in [0.29, 0.717) is 17.2 Å². The van der Waals surface area contributed by atoms with E-state index in [2.05, 4.69) is 4.98 Å². The first-order valence-corrected chi connectivity index (χ1v) is 9.08. The Labute approximate surface area is 165 Å². The predicted molar refractivity (Wildman–Crippen MR) is 109 cm³/mol. The summed E-state index contributed by atoms with van der Waals surface area (Å²) in [4.78, 5) is 18.7. The maximum absolute atomic E-state index is 12.8. The molecule has 0 unspecified atom stereocenters. The second-order valence-corrected chi connectivity index (χ2v) is 6.78. The van der Waals surface area contributed by atoms with Crippen molar-refractivity contribution in [2.24, 2.45) is 0 Å². The van der Waals surface area contributed by atoms with E-state index >= 15 is 0 Å². The van der Waals surface area contributed by atoms with Gasteiger partial charge in [0.2, 0.25) is 0 Å².